The van der Waals surface area contributed by atoms with Crippen LogP contribution in [0.15, 0.2) is 35.0 Å². The first-order valence-corrected chi connectivity index (χ1v) is 7.62. The molecule has 0 fully saturated rings. The molecule has 0 saturated carbocycles. The van der Waals surface area contributed by atoms with E-state index >= 15 is 0 Å². The Morgan fingerprint density at radius 1 is 1.32 bits per heavy atom. The van der Waals surface area contributed by atoms with Crippen LogP contribution in [-0.2, 0) is 6.61 Å². The van der Waals surface area contributed by atoms with Crippen LogP contribution in [0.25, 0.3) is 0 Å². The van der Waals surface area contributed by atoms with E-state index in [0.29, 0.717) is 12.6 Å². The summed E-state index contributed by atoms with van der Waals surface area (Å²) in [7, 11) is 0. The average Bonchev–Trinajstić information content (AvgIpc) is 2.89. The van der Waals surface area contributed by atoms with Crippen LogP contribution in [-0.4, -0.2) is 6.54 Å². The highest BCUT2D eigenvalue weighted by Gasteiger charge is 2.11. The van der Waals surface area contributed by atoms with Gasteiger partial charge < -0.3 is 10.1 Å². The lowest BCUT2D eigenvalue weighted by Gasteiger charge is -2.18. The SMILES string of the molecule is CCNC(C)c1ccc(C)cc1OCc1ccsc1. The molecule has 1 aromatic heterocycles. The summed E-state index contributed by atoms with van der Waals surface area (Å²) in [6, 6.07) is 8.83. The normalized spacial score (nSPS) is 12.4. The van der Waals surface area contributed by atoms with E-state index in [1.54, 1.807) is 11.3 Å². The summed E-state index contributed by atoms with van der Waals surface area (Å²) in [6.45, 7) is 7.99. The van der Waals surface area contributed by atoms with E-state index in [-0.39, 0.29) is 0 Å². The van der Waals surface area contributed by atoms with Crippen molar-refractivity contribution in [3.05, 3.63) is 51.7 Å². The molecule has 0 bridgehead atoms. The van der Waals surface area contributed by atoms with E-state index in [1.165, 1.54) is 16.7 Å². The van der Waals surface area contributed by atoms with Crippen LogP contribution in [0.1, 0.15) is 36.6 Å². The summed E-state index contributed by atoms with van der Waals surface area (Å²) in [5, 5.41) is 7.65. The van der Waals surface area contributed by atoms with E-state index in [4.69, 9.17) is 4.74 Å². The molecule has 0 aliphatic rings. The van der Waals surface area contributed by atoms with Gasteiger partial charge in [0.25, 0.3) is 0 Å². The van der Waals surface area contributed by atoms with E-state index in [9.17, 15) is 0 Å². The van der Waals surface area contributed by atoms with Gasteiger partial charge in [0.15, 0.2) is 0 Å². The van der Waals surface area contributed by atoms with Gasteiger partial charge in [0, 0.05) is 11.6 Å². The minimum absolute atomic E-state index is 0.308. The Bertz CT molecular complexity index is 507. The van der Waals surface area contributed by atoms with Crippen molar-refractivity contribution < 1.29 is 4.74 Å². The predicted molar refractivity (Wildman–Crippen MR) is 81.9 cm³/mol. The van der Waals surface area contributed by atoms with Crippen molar-refractivity contribution in [2.24, 2.45) is 0 Å². The molecular weight excluding hydrogens is 254 g/mol. The maximum Gasteiger partial charge on any atom is 0.124 e. The second-order valence-corrected chi connectivity index (χ2v) is 5.52. The third-order valence-electron chi connectivity index (χ3n) is 3.12. The van der Waals surface area contributed by atoms with Crippen molar-refractivity contribution in [3.8, 4) is 5.75 Å². The number of ether oxygens (including phenoxy) is 1. The average molecular weight is 275 g/mol. The van der Waals surface area contributed by atoms with Gasteiger partial charge in [0.05, 0.1) is 0 Å². The molecule has 0 aliphatic heterocycles. The van der Waals surface area contributed by atoms with Crippen molar-refractivity contribution in [2.75, 3.05) is 6.54 Å². The minimum Gasteiger partial charge on any atom is -0.489 e. The van der Waals surface area contributed by atoms with Gasteiger partial charge in [-0.1, -0.05) is 19.1 Å². The van der Waals surface area contributed by atoms with Gasteiger partial charge in [-0.15, -0.1) is 0 Å². The van der Waals surface area contributed by atoms with E-state index in [2.05, 4.69) is 61.1 Å². The van der Waals surface area contributed by atoms with Gasteiger partial charge in [-0.3, -0.25) is 0 Å². The Morgan fingerprint density at radius 2 is 2.16 bits per heavy atom. The third-order valence-corrected chi connectivity index (χ3v) is 3.85. The summed E-state index contributed by atoms with van der Waals surface area (Å²) < 4.78 is 6.00. The van der Waals surface area contributed by atoms with Gasteiger partial charge in [0.2, 0.25) is 0 Å². The Morgan fingerprint density at radius 3 is 2.84 bits per heavy atom. The van der Waals surface area contributed by atoms with E-state index in [1.807, 2.05) is 0 Å². The molecule has 1 aromatic carbocycles. The molecule has 2 rings (SSSR count). The van der Waals surface area contributed by atoms with Crippen LogP contribution in [0.4, 0.5) is 0 Å². The molecule has 19 heavy (non-hydrogen) atoms. The molecule has 102 valence electrons. The fraction of sp³-hybridized carbons (Fsp3) is 0.375. The molecule has 1 heterocycles. The van der Waals surface area contributed by atoms with Crippen LogP contribution in [0, 0.1) is 6.92 Å². The van der Waals surface area contributed by atoms with Crippen molar-refractivity contribution in [2.45, 2.75) is 33.4 Å². The molecule has 0 saturated heterocycles. The molecule has 2 nitrogen and oxygen atoms in total. The lowest BCUT2D eigenvalue weighted by molar-refractivity contribution is 0.300. The van der Waals surface area contributed by atoms with Crippen molar-refractivity contribution in [1.29, 1.82) is 0 Å². The number of thiophene rings is 1. The lowest BCUT2D eigenvalue weighted by Crippen LogP contribution is -2.18. The first kappa shape index (κ1) is 14.1. The lowest BCUT2D eigenvalue weighted by atomic mass is 10.0. The zero-order chi connectivity index (χ0) is 13.7. The Kier molecular flexibility index (Phi) is 5.00. The zero-order valence-electron chi connectivity index (χ0n) is 11.8. The van der Waals surface area contributed by atoms with Gasteiger partial charge in [-0.25, -0.2) is 0 Å². The Hall–Kier alpha value is -1.32. The van der Waals surface area contributed by atoms with Gasteiger partial charge in [-0.05, 0) is 54.4 Å². The maximum absolute atomic E-state index is 6.00. The second kappa shape index (κ2) is 6.73. The number of rotatable bonds is 6. The molecule has 0 radical (unpaired) electrons. The Labute approximate surface area is 119 Å². The molecule has 1 unspecified atom stereocenters. The quantitative estimate of drug-likeness (QED) is 0.848. The topological polar surface area (TPSA) is 21.3 Å². The van der Waals surface area contributed by atoms with Crippen LogP contribution in [0.3, 0.4) is 0 Å². The molecule has 0 spiro atoms. The minimum atomic E-state index is 0.308. The molecular formula is C16H21NOS. The highest BCUT2D eigenvalue weighted by Crippen LogP contribution is 2.27. The molecule has 1 atom stereocenters. The summed E-state index contributed by atoms with van der Waals surface area (Å²) in [4.78, 5) is 0. The maximum atomic E-state index is 6.00. The number of hydrogen-bond donors (Lipinski definition) is 1. The summed E-state index contributed by atoms with van der Waals surface area (Å²) in [6.07, 6.45) is 0. The first-order chi connectivity index (χ1) is 9.20. The zero-order valence-corrected chi connectivity index (χ0v) is 12.6. The molecule has 1 N–H and O–H groups in total. The summed E-state index contributed by atoms with van der Waals surface area (Å²) in [5.41, 5.74) is 3.68. The van der Waals surface area contributed by atoms with E-state index in [0.717, 1.165) is 12.3 Å². The van der Waals surface area contributed by atoms with Crippen LogP contribution >= 0.6 is 11.3 Å². The van der Waals surface area contributed by atoms with E-state index < -0.39 is 0 Å². The smallest absolute Gasteiger partial charge is 0.124 e. The van der Waals surface area contributed by atoms with Crippen molar-refractivity contribution in [1.82, 2.24) is 5.32 Å². The molecule has 0 aliphatic carbocycles. The highest BCUT2D eigenvalue weighted by atomic mass is 32.1. The van der Waals surface area contributed by atoms with Crippen LogP contribution < -0.4 is 10.1 Å². The monoisotopic (exact) mass is 275 g/mol. The van der Waals surface area contributed by atoms with Crippen molar-refractivity contribution in [3.63, 3.8) is 0 Å². The van der Waals surface area contributed by atoms with Gasteiger partial charge >= 0.3 is 0 Å². The van der Waals surface area contributed by atoms with Crippen molar-refractivity contribution >= 4 is 11.3 Å². The predicted octanol–water partition coefficient (Wildman–Crippen LogP) is 4.31. The van der Waals surface area contributed by atoms with Crippen LogP contribution in [0.2, 0.25) is 0 Å². The fourth-order valence-electron chi connectivity index (χ4n) is 2.08. The highest BCUT2D eigenvalue weighted by molar-refractivity contribution is 7.07. The van der Waals surface area contributed by atoms with Gasteiger partial charge in [-0.2, -0.15) is 11.3 Å². The van der Waals surface area contributed by atoms with Gasteiger partial charge in [0.1, 0.15) is 12.4 Å². The summed E-state index contributed by atoms with van der Waals surface area (Å²) in [5.74, 6) is 0.986. The second-order valence-electron chi connectivity index (χ2n) is 4.74. The third kappa shape index (κ3) is 3.82. The molecule has 0 amide bonds. The largest absolute Gasteiger partial charge is 0.489 e. The Balaban J connectivity index is 2.14. The fourth-order valence-corrected chi connectivity index (χ4v) is 2.73. The number of nitrogens with one attached hydrogen (secondary N) is 1. The molecule has 2 aromatic rings. The number of aryl methyl sites for hydroxylation is 1. The first-order valence-electron chi connectivity index (χ1n) is 6.68. The summed E-state index contributed by atoms with van der Waals surface area (Å²) >= 11 is 1.70. The standard InChI is InChI=1S/C16H21NOS/c1-4-17-13(3)15-6-5-12(2)9-16(15)18-10-14-7-8-19-11-14/h5-9,11,13,17H,4,10H2,1-3H3. The molecule has 3 heteroatoms. The number of benzene rings is 1. The number of hydrogen-bond acceptors (Lipinski definition) is 3. The van der Waals surface area contributed by atoms with Crippen LogP contribution in [0.5, 0.6) is 5.75 Å².